The SMILES string of the molecule is CC1NC(=O)C(C2CCC2)OC(=O)C(C)C(O)C(Cc2cccnc2)NC(=O)C1NC(=O)c1ccccc1O. The third-order valence-electron chi connectivity index (χ3n) is 7.47. The molecule has 2 aromatic rings. The number of para-hydroxylation sites is 1. The number of carbonyl (C=O) groups is 4. The largest absolute Gasteiger partial charge is 0.507 e. The van der Waals surface area contributed by atoms with Crippen molar-refractivity contribution in [1.29, 1.82) is 0 Å². The van der Waals surface area contributed by atoms with E-state index in [9.17, 15) is 29.4 Å². The highest BCUT2D eigenvalue weighted by Gasteiger charge is 2.42. The van der Waals surface area contributed by atoms with Gasteiger partial charge in [-0.1, -0.05) is 24.6 Å². The zero-order valence-electron chi connectivity index (χ0n) is 21.9. The number of carbonyl (C=O) groups excluding carboxylic acids is 4. The number of amides is 3. The first-order valence-electron chi connectivity index (χ1n) is 13.1. The van der Waals surface area contributed by atoms with Gasteiger partial charge in [0.25, 0.3) is 11.8 Å². The molecule has 1 aromatic carbocycles. The van der Waals surface area contributed by atoms with E-state index < -0.39 is 59.9 Å². The highest BCUT2D eigenvalue weighted by Crippen LogP contribution is 2.32. The van der Waals surface area contributed by atoms with Crippen molar-refractivity contribution in [2.45, 2.75) is 69.9 Å². The van der Waals surface area contributed by atoms with Crippen LogP contribution in [-0.4, -0.2) is 69.2 Å². The number of pyridine rings is 1. The molecule has 6 atom stereocenters. The lowest BCUT2D eigenvalue weighted by Gasteiger charge is -2.37. The maximum Gasteiger partial charge on any atom is 0.312 e. The fourth-order valence-electron chi connectivity index (χ4n) is 4.82. The fraction of sp³-hybridized carbons (Fsp3) is 0.464. The van der Waals surface area contributed by atoms with E-state index >= 15 is 0 Å². The Morgan fingerprint density at radius 2 is 1.82 bits per heavy atom. The molecule has 11 heteroatoms. The summed E-state index contributed by atoms with van der Waals surface area (Å²) in [6, 6.07) is 6.22. The van der Waals surface area contributed by atoms with Crippen LogP contribution in [-0.2, 0) is 25.5 Å². The Morgan fingerprint density at radius 1 is 1.08 bits per heavy atom. The maximum atomic E-state index is 13.6. The van der Waals surface area contributed by atoms with Crippen molar-refractivity contribution in [2.24, 2.45) is 11.8 Å². The standard InChI is InChI=1S/C28H34N4O7/c1-15-23(34)20(13-17-7-6-12-29-14-17)31-26(36)22(32-25(35)19-10-3-4-11-21(19)33)16(2)30-27(37)24(39-28(15)38)18-8-5-9-18/h3-4,6-7,10-12,14-16,18,20,22-24,33-34H,5,8-9,13H2,1-2H3,(H,30,37)(H,31,36)(H,32,35). The number of esters is 1. The Kier molecular flexibility index (Phi) is 8.80. The van der Waals surface area contributed by atoms with Gasteiger partial charge in [-0.25, -0.2) is 0 Å². The van der Waals surface area contributed by atoms with Crippen LogP contribution in [0.25, 0.3) is 0 Å². The number of aromatic nitrogens is 1. The first-order valence-corrected chi connectivity index (χ1v) is 13.1. The molecule has 1 saturated heterocycles. The summed E-state index contributed by atoms with van der Waals surface area (Å²) in [7, 11) is 0. The molecule has 4 rings (SSSR count). The minimum Gasteiger partial charge on any atom is -0.507 e. The molecule has 0 spiro atoms. The molecule has 11 nitrogen and oxygen atoms in total. The minimum atomic E-state index is -1.36. The Balaban J connectivity index is 1.67. The molecule has 5 N–H and O–H groups in total. The van der Waals surface area contributed by atoms with Crippen LogP contribution in [0, 0.1) is 11.8 Å². The van der Waals surface area contributed by atoms with Crippen LogP contribution in [0.1, 0.15) is 49.0 Å². The van der Waals surface area contributed by atoms with E-state index in [-0.39, 0.29) is 23.7 Å². The number of rotatable bonds is 5. The molecule has 2 heterocycles. The molecule has 1 saturated carbocycles. The topological polar surface area (TPSA) is 167 Å². The molecule has 39 heavy (non-hydrogen) atoms. The molecule has 1 aromatic heterocycles. The van der Waals surface area contributed by atoms with Crippen molar-refractivity contribution in [2.75, 3.05) is 0 Å². The number of phenolic OH excluding ortho intramolecular Hbond substituents is 1. The van der Waals surface area contributed by atoms with Gasteiger partial charge in [-0.15, -0.1) is 0 Å². The van der Waals surface area contributed by atoms with Crippen molar-refractivity contribution >= 4 is 23.7 Å². The van der Waals surface area contributed by atoms with Crippen molar-refractivity contribution in [3.05, 3.63) is 59.9 Å². The van der Waals surface area contributed by atoms with Crippen molar-refractivity contribution in [1.82, 2.24) is 20.9 Å². The third kappa shape index (κ3) is 6.54. The van der Waals surface area contributed by atoms with Gasteiger partial charge >= 0.3 is 5.97 Å². The highest BCUT2D eigenvalue weighted by atomic mass is 16.5. The zero-order chi connectivity index (χ0) is 28.1. The number of hydrogen-bond acceptors (Lipinski definition) is 8. The van der Waals surface area contributed by atoms with Gasteiger partial charge in [-0.05, 0) is 56.9 Å². The van der Waals surface area contributed by atoms with Gasteiger partial charge in [0.2, 0.25) is 5.91 Å². The van der Waals surface area contributed by atoms with E-state index in [0.29, 0.717) is 18.4 Å². The van der Waals surface area contributed by atoms with Gasteiger partial charge in [-0.3, -0.25) is 24.2 Å². The average molecular weight is 539 g/mol. The molecule has 1 aliphatic heterocycles. The summed E-state index contributed by atoms with van der Waals surface area (Å²) < 4.78 is 5.64. The van der Waals surface area contributed by atoms with E-state index in [0.717, 1.165) is 6.42 Å². The molecule has 2 aliphatic rings. The van der Waals surface area contributed by atoms with Gasteiger partial charge in [0.05, 0.1) is 29.7 Å². The Morgan fingerprint density at radius 3 is 2.46 bits per heavy atom. The number of hydrogen-bond donors (Lipinski definition) is 5. The summed E-state index contributed by atoms with van der Waals surface area (Å²) in [5.41, 5.74) is 0.662. The van der Waals surface area contributed by atoms with E-state index in [2.05, 4.69) is 20.9 Å². The van der Waals surface area contributed by atoms with E-state index in [1.807, 2.05) is 0 Å². The van der Waals surface area contributed by atoms with Gasteiger partial charge in [0.15, 0.2) is 6.10 Å². The fourth-order valence-corrected chi connectivity index (χ4v) is 4.82. The summed E-state index contributed by atoms with van der Waals surface area (Å²) >= 11 is 0. The van der Waals surface area contributed by atoms with Crippen LogP contribution in [0.5, 0.6) is 5.75 Å². The van der Waals surface area contributed by atoms with Crippen molar-refractivity contribution in [3.63, 3.8) is 0 Å². The lowest BCUT2D eigenvalue weighted by molar-refractivity contribution is -0.169. The number of cyclic esters (lactones) is 1. The number of ether oxygens (including phenoxy) is 1. The van der Waals surface area contributed by atoms with Gasteiger partial charge in [0.1, 0.15) is 11.8 Å². The quantitative estimate of drug-likeness (QED) is 0.349. The molecule has 0 bridgehead atoms. The summed E-state index contributed by atoms with van der Waals surface area (Å²) in [4.78, 5) is 57.0. The number of nitrogens with zero attached hydrogens (tertiary/aromatic N) is 1. The lowest BCUT2D eigenvalue weighted by Crippen LogP contribution is -2.63. The maximum absolute atomic E-state index is 13.6. The molecule has 0 radical (unpaired) electrons. The Bertz CT molecular complexity index is 1200. The molecule has 2 fully saturated rings. The molecule has 6 unspecified atom stereocenters. The highest BCUT2D eigenvalue weighted by molar-refractivity contribution is 6.00. The summed E-state index contributed by atoms with van der Waals surface area (Å²) in [5.74, 6) is -4.23. The number of nitrogens with one attached hydrogen (secondary N) is 3. The first-order chi connectivity index (χ1) is 18.7. The smallest absolute Gasteiger partial charge is 0.312 e. The average Bonchev–Trinajstić information content (AvgIpc) is 2.89. The van der Waals surface area contributed by atoms with E-state index in [1.165, 1.54) is 19.1 Å². The summed E-state index contributed by atoms with van der Waals surface area (Å²) in [6.07, 6.45) is 3.18. The first kappa shape index (κ1) is 28.0. The van der Waals surface area contributed by atoms with Gasteiger partial charge < -0.3 is 30.9 Å². The molecule has 208 valence electrons. The normalized spacial score (nSPS) is 28.5. The van der Waals surface area contributed by atoms with Crippen LogP contribution in [0.2, 0.25) is 0 Å². The third-order valence-corrected chi connectivity index (χ3v) is 7.47. The Labute approximate surface area is 226 Å². The van der Waals surface area contributed by atoms with Crippen LogP contribution < -0.4 is 16.0 Å². The summed E-state index contributed by atoms with van der Waals surface area (Å²) in [6.45, 7) is 3.03. The molecule has 1 aliphatic carbocycles. The van der Waals surface area contributed by atoms with Crippen molar-refractivity contribution < 1.29 is 34.1 Å². The second kappa shape index (κ2) is 12.2. The van der Waals surface area contributed by atoms with Gasteiger partial charge in [0, 0.05) is 18.3 Å². The van der Waals surface area contributed by atoms with E-state index in [1.54, 1.807) is 43.6 Å². The predicted molar refractivity (Wildman–Crippen MR) is 139 cm³/mol. The zero-order valence-corrected chi connectivity index (χ0v) is 21.9. The van der Waals surface area contributed by atoms with Crippen LogP contribution in [0.4, 0.5) is 0 Å². The number of aromatic hydroxyl groups is 1. The number of aliphatic hydroxyl groups excluding tert-OH is 1. The monoisotopic (exact) mass is 538 g/mol. The second-order valence-electron chi connectivity index (χ2n) is 10.3. The number of phenols is 1. The minimum absolute atomic E-state index is 0.0446. The van der Waals surface area contributed by atoms with Gasteiger partial charge in [-0.2, -0.15) is 0 Å². The van der Waals surface area contributed by atoms with Crippen LogP contribution in [0.15, 0.2) is 48.8 Å². The number of aliphatic hydroxyl groups is 1. The predicted octanol–water partition coefficient (Wildman–Crippen LogP) is 0.840. The lowest BCUT2D eigenvalue weighted by atomic mass is 9.80. The summed E-state index contributed by atoms with van der Waals surface area (Å²) in [5, 5.41) is 29.5. The van der Waals surface area contributed by atoms with Crippen LogP contribution >= 0.6 is 0 Å². The van der Waals surface area contributed by atoms with Crippen molar-refractivity contribution in [3.8, 4) is 5.75 Å². The molecule has 3 amide bonds. The number of benzene rings is 1. The van der Waals surface area contributed by atoms with Crippen LogP contribution in [0.3, 0.4) is 0 Å². The van der Waals surface area contributed by atoms with E-state index in [4.69, 9.17) is 4.74 Å². The Hall–Kier alpha value is -3.99. The molecular formula is C28H34N4O7. The second-order valence-corrected chi connectivity index (χ2v) is 10.3. The molecular weight excluding hydrogens is 504 g/mol.